The van der Waals surface area contributed by atoms with E-state index in [-0.39, 0.29) is 13.0 Å². The molecule has 0 spiro atoms. The third-order valence-electron chi connectivity index (χ3n) is 4.61. The number of piperidine rings is 1. The van der Waals surface area contributed by atoms with Crippen LogP contribution in [0.5, 0.6) is 0 Å². The number of aromatic nitrogens is 4. The average Bonchev–Trinajstić information content (AvgIpc) is 3.10. The topological polar surface area (TPSA) is 63.4 Å². The normalized spacial score (nSPS) is 19.8. The first-order valence-corrected chi connectivity index (χ1v) is 10.3. The van der Waals surface area contributed by atoms with E-state index in [0.29, 0.717) is 28.1 Å². The number of carbonyl (C=O) groups is 1. The van der Waals surface area contributed by atoms with Crippen molar-refractivity contribution in [2.75, 3.05) is 18.4 Å². The molecule has 0 N–H and O–H groups in total. The molecule has 0 saturated carbocycles. The number of halogens is 3. The fourth-order valence-corrected chi connectivity index (χ4v) is 3.78. The molecular formula is C20H22BrF2N5O. The van der Waals surface area contributed by atoms with Gasteiger partial charge in [0, 0.05) is 35.5 Å². The first-order chi connectivity index (χ1) is 13.7. The van der Waals surface area contributed by atoms with Crippen LogP contribution in [0.25, 0.3) is 5.78 Å². The summed E-state index contributed by atoms with van der Waals surface area (Å²) in [4.78, 5) is 22.6. The summed E-state index contributed by atoms with van der Waals surface area (Å²) in [6.45, 7) is 6.89. The number of carbonyl (C=O) groups excluding carboxylic acids is 1. The molecule has 0 bridgehead atoms. The third-order valence-corrected chi connectivity index (χ3v) is 4.94. The monoisotopic (exact) mass is 465 g/mol. The zero-order chi connectivity index (χ0) is 21.2. The van der Waals surface area contributed by atoms with E-state index < -0.39 is 24.3 Å². The largest absolute Gasteiger partial charge is 0.332 e. The summed E-state index contributed by atoms with van der Waals surface area (Å²) in [5, 5.41) is 4.56. The Labute approximate surface area is 176 Å². The summed E-state index contributed by atoms with van der Waals surface area (Å²) in [7, 11) is 0. The van der Waals surface area contributed by atoms with Crippen molar-refractivity contribution in [2.45, 2.75) is 32.1 Å². The van der Waals surface area contributed by atoms with Crippen molar-refractivity contribution in [2.24, 2.45) is 0 Å². The second kappa shape index (κ2) is 8.52. The Morgan fingerprint density at radius 2 is 2.21 bits per heavy atom. The van der Waals surface area contributed by atoms with Crippen LogP contribution in [0.3, 0.4) is 0 Å². The van der Waals surface area contributed by atoms with Gasteiger partial charge in [-0.1, -0.05) is 40.2 Å². The highest BCUT2D eigenvalue weighted by Gasteiger charge is 2.43. The Morgan fingerprint density at radius 1 is 1.45 bits per heavy atom. The van der Waals surface area contributed by atoms with Crippen LogP contribution in [0.4, 0.5) is 8.78 Å². The number of hydrogen-bond donors (Lipinski definition) is 0. The molecular weight excluding hydrogens is 444 g/mol. The molecule has 1 aliphatic heterocycles. The maximum Gasteiger partial charge on any atom is 0.266 e. The van der Waals surface area contributed by atoms with E-state index in [1.54, 1.807) is 38.1 Å². The molecule has 0 radical (unpaired) electrons. The molecule has 0 aromatic carbocycles. The molecule has 0 aliphatic carbocycles. The van der Waals surface area contributed by atoms with E-state index in [9.17, 15) is 13.6 Å². The number of allylic oxidation sites excluding steroid dienone is 3. The summed E-state index contributed by atoms with van der Waals surface area (Å²) < 4.78 is 30.7. The maximum atomic E-state index is 14.6. The molecule has 9 heteroatoms. The molecule has 3 rings (SSSR count). The second-order valence-corrected chi connectivity index (χ2v) is 7.88. The molecule has 1 aliphatic rings. The van der Waals surface area contributed by atoms with E-state index >= 15 is 0 Å². The lowest BCUT2D eigenvalue weighted by atomic mass is 9.91. The Hall–Kier alpha value is -2.42. The number of aryl methyl sites for hydroxylation is 1. The minimum atomic E-state index is -3.01. The van der Waals surface area contributed by atoms with Crippen LogP contribution >= 0.6 is 15.9 Å². The quantitative estimate of drug-likeness (QED) is 0.382. The first-order valence-electron chi connectivity index (χ1n) is 9.14. The Kier molecular flexibility index (Phi) is 6.26. The molecule has 1 unspecified atom stereocenters. The van der Waals surface area contributed by atoms with Crippen molar-refractivity contribution < 1.29 is 13.6 Å². The van der Waals surface area contributed by atoms with Crippen LogP contribution in [0.2, 0.25) is 0 Å². The summed E-state index contributed by atoms with van der Waals surface area (Å²) >= 11 is 3.27. The van der Waals surface area contributed by atoms with E-state index in [2.05, 4.69) is 37.6 Å². The Morgan fingerprint density at radius 3 is 2.90 bits per heavy atom. The zero-order valence-electron chi connectivity index (χ0n) is 16.3. The molecule has 154 valence electrons. The van der Waals surface area contributed by atoms with Crippen molar-refractivity contribution in [3.63, 3.8) is 0 Å². The first kappa shape index (κ1) is 21.3. The van der Waals surface area contributed by atoms with E-state index in [0.717, 1.165) is 5.57 Å². The van der Waals surface area contributed by atoms with Crippen LogP contribution in [0, 0.1) is 6.92 Å². The molecule has 3 heterocycles. The number of amides is 1. The van der Waals surface area contributed by atoms with Gasteiger partial charge in [-0.25, -0.2) is 18.3 Å². The van der Waals surface area contributed by atoms with Crippen molar-refractivity contribution in [3.05, 3.63) is 59.7 Å². The molecule has 2 aromatic rings. The maximum absolute atomic E-state index is 14.6. The fraction of sp³-hybridized carbons (Fsp3) is 0.400. The standard InChI is InChI=1S/C20H22BrF2N5O/c1-13(2)4-5-15(6-7-21)18(29)27-10-16(9-20(22,23)11-27)17-8-14(3)26-19-24-12-25-28(17)19/h4-6,8,12,16H,1,7,9-11H2,2-3H3/b5-4-,15-6+. The van der Waals surface area contributed by atoms with Gasteiger partial charge >= 0.3 is 0 Å². The van der Waals surface area contributed by atoms with E-state index in [1.165, 1.54) is 15.7 Å². The van der Waals surface area contributed by atoms with Crippen molar-refractivity contribution in [1.29, 1.82) is 0 Å². The number of alkyl halides is 3. The number of rotatable bonds is 5. The lowest BCUT2D eigenvalue weighted by Gasteiger charge is -2.38. The van der Waals surface area contributed by atoms with Crippen molar-refractivity contribution in [1.82, 2.24) is 24.5 Å². The molecule has 6 nitrogen and oxygen atoms in total. The van der Waals surface area contributed by atoms with Gasteiger partial charge in [-0.3, -0.25) is 4.79 Å². The molecule has 1 fully saturated rings. The summed E-state index contributed by atoms with van der Waals surface area (Å²) in [6.07, 6.45) is 5.94. The van der Waals surface area contributed by atoms with Gasteiger partial charge in [-0.05, 0) is 26.0 Å². The smallest absolute Gasteiger partial charge is 0.266 e. The number of nitrogens with zero attached hydrogens (tertiary/aromatic N) is 5. The molecule has 29 heavy (non-hydrogen) atoms. The average molecular weight is 466 g/mol. The van der Waals surface area contributed by atoms with Gasteiger partial charge in [0.25, 0.3) is 17.6 Å². The van der Waals surface area contributed by atoms with Crippen LogP contribution in [-0.2, 0) is 4.79 Å². The fourth-order valence-electron chi connectivity index (χ4n) is 3.43. The summed E-state index contributed by atoms with van der Waals surface area (Å²) in [6, 6.07) is 1.73. The lowest BCUT2D eigenvalue weighted by molar-refractivity contribution is -0.138. The van der Waals surface area contributed by atoms with Gasteiger partial charge in [0.2, 0.25) is 0 Å². The third kappa shape index (κ3) is 4.95. The van der Waals surface area contributed by atoms with Crippen LogP contribution in [-0.4, -0.2) is 54.7 Å². The number of fused-ring (bicyclic) bond motifs is 1. The molecule has 2 aromatic heterocycles. The van der Waals surface area contributed by atoms with E-state index in [4.69, 9.17) is 0 Å². The van der Waals surface area contributed by atoms with Crippen molar-refractivity contribution in [3.8, 4) is 0 Å². The van der Waals surface area contributed by atoms with Crippen LogP contribution < -0.4 is 0 Å². The molecule has 1 saturated heterocycles. The minimum Gasteiger partial charge on any atom is -0.332 e. The number of hydrogen-bond acceptors (Lipinski definition) is 4. The predicted octanol–water partition coefficient (Wildman–Crippen LogP) is 3.84. The van der Waals surface area contributed by atoms with E-state index in [1.807, 2.05) is 0 Å². The van der Waals surface area contributed by atoms with Gasteiger partial charge in [-0.15, -0.1) is 0 Å². The highest BCUT2D eigenvalue weighted by atomic mass is 79.9. The highest BCUT2D eigenvalue weighted by molar-refractivity contribution is 9.09. The number of likely N-dealkylation sites (tertiary alicyclic amines) is 1. The zero-order valence-corrected chi connectivity index (χ0v) is 17.9. The summed E-state index contributed by atoms with van der Waals surface area (Å²) in [5.74, 6) is -3.69. The highest BCUT2D eigenvalue weighted by Crippen LogP contribution is 2.36. The van der Waals surface area contributed by atoms with Gasteiger partial charge in [0.1, 0.15) is 6.33 Å². The van der Waals surface area contributed by atoms with Crippen LogP contribution in [0.15, 0.2) is 48.3 Å². The minimum absolute atomic E-state index is 0.160. The SMILES string of the molecule is C=C(C)/C=C\C(=C/CBr)C(=O)N1CC(c2cc(C)nc3ncnn23)CC(F)(F)C1. The second-order valence-electron chi connectivity index (χ2n) is 7.23. The lowest BCUT2D eigenvalue weighted by Crippen LogP contribution is -2.49. The molecule has 1 amide bonds. The van der Waals surface area contributed by atoms with Gasteiger partial charge < -0.3 is 4.90 Å². The van der Waals surface area contributed by atoms with Crippen molar-refractivity contribution >= 4 is 27.6 Å². The van der Waals surface area contributed by atoms with Crippen LogP contribution in [0.1, 0.15) is 30.7 Å². The van der Waals surface area contributed by atoms with Gasteiger partial charge in [0.15, 0.2) is 0 Å². The van der Waals surface area contributed by atoms with Gasteiger partial charge in [0.05, 0.1) is 12.2 Å². The summed E-state index contributed by atoms with van der Waals surface area (Å²) in [5.41, 5.74) is 2.35. The molecule has 1 atom stereocenters. The predicted molar refractivity (Wildman–Crippen MR) is 110 cm³/mol. The Balaban J connectivity index is 1.95. The van der Waals surface area contributed by atoms with Gasteiger partial charge in [-0.2, -0.15) is 10.1 Å². The Bertz CT molecular complexity index is 998.